The predicted octanol–water partition coefficient (Wildman–Crippen LogP) is 4.03. The van der Waals surface area contributed by atoms with Crippen LogP contribution in [0.2, 0.25) is 0 Å². The summed E-state index contributed by atoms with van der Waals surface area (Å²) in [5.74, 6) is -0.144. The molecule has 29 heavy (non-hydrogen) atoms. The van der Waals surface area contributed by atoms with Gasteiger partial charge in [-0.2, -0.15) is 0 Å². The van der Waals surface area contributed by atoms with Crippen molar-refractivity contribution >= 4 is 16.9 Å². The highest BCUT2D eigenvalue weighted by molar-refractivity contribution is 5.83. The van der Waals surface area contributed by atoms with E-state index in [9.17, 15) is 14.7 Å². The Hall–Kier alpha value is -3.32. The standard InChI is InChI=1S/C22H23NO6/c24-18-11-10-16-21(27)19(29-15-7-3-1-4-8-15)14-28-22(16)17(18)13-23-12-6-2-5-9-20(25)26/h1,3-4,7-8,10-11,14,23-24H,2,5-6,9,12-13H2,(H,25,26). The molecular formula is C22H23NO6. The van der Waals surface area contributed by atoms with E-state index in [4.69, 9.17) is 14.3 Å². The van der Waals surface area contributed by atoms with Crippen molar-refractivity contribution in [2.75, 3.05) is 6.54 Å². The number of benzene rings is 2. The molecule has 2 aromatic carbocycles. The molecule has 0 fully saturated rings. The summed E-state index contributed by atoms with van der Waals surface area (Å²) in [6.07, 6.45) is 3.68. The van der Waals surface area contributed by atoms with Crippen LogP contribution in [0.3, 0.4) is 0 Å². The van der Waals surface area contributed by atoms with Crippen molar-refractivity contribution in [1.29, 1.82) is 0 Å². The molecule has 0 unspecified atom stereocenters. The molecule has 3 N–H and O–H groups in total. The first kappa shape index (κ1) is 20.4. The van der Waals surface area contributed by atoms with Crippen LogP contribution in [0.4, 0.5) is 0 Å². The number of carboxylic acids is 1. The van der Waals surface area contributed by atoms with E-state index in [1.54, 1.807) is 12.1 Å². The first-order valence-electron chi connectivity index (χ1n) is 9.48. The Morgan fingerprint density at radius 1 is 1.07 bits per heavy atom. The summed E-state index contributed by atoms with van der Waals surface area (Å²) >= 11 is 0. The topological polar surface area (TPSA) is 109 Å². The Balaban J connectivity index is 1.70. The van der Waals surface area contributed by atoms with E-state index in [-0.39, 0.29) is 23.3 Å². The van der Waals surface area contributed by atoms with E-state index < -0.39 is 5.97 Å². The smallest absolute Gasteiger partial charge is 0.303 e. The van der Waals surface area contributed by atoms with E-state index in [0.717, 1.165) is 12.8 Å². The molecule has 0 radical (unpaired) electrons. The van der Waals surface area contributed by atoms with Crippen molar-refractivity contribution in [3.05, 3.63) is 64.5 Å². The van der Waals surface area contributed by atoms with Crippen LogP contribution in [-0.4, -0.2) is 22.7 Å². The summed E-state index contributed by atoms with van der Waals surface area (Å²) in [7, 11) is 0. The van der Waals surface area contributed by atoms with Crippen LogP contribution in [0, 0.1) is 0 Å². The number of hydrogen-bond donors (Lipinski definition) is 3. The maximum Gasteiger partial charge on any atom is 0.303 e. The van der Waals surface area contributed by atoms with Gasteiger partial charge < -0.3 is 24.7 Å². The van der Waals surface area contributed by atoms with E-state index in [1.165, 1.54) is 18.4 Å². The normalized spacial score (nSPS) is 10.9. The molecule has 0 aliphatic rings. The third-order valence-electron chi connectivity index (χ3n) is 4.50. The van der Waals surface area contributed by atoms with E-state index in [1.807, 2.05) is 18.2 Å². The fraction of sp³-hybridized carbons (Fsp3) is 0.273. The van der Waals surface area contributed by atoms with Crippen molar-refractivity contribution < 1.29 is 24.2 Å². The number of carboxylic acid groups (broad SMARTS) is 1. The molecule has 0 saturated heterocycles. The highest BCUT2D eigenvalue weighted by atomic mass is 16.5. The van der Waals surface area contributed by atoms with Gasteiger partial charge in [0.25, 0.3) is 0 Å². The van der Waals surface area contributed by atoms with E-state index in [2.05, 4.69) is 5.32 Å². The van der Waals surface area contributed by atoms with Crippen molar-refractivity contribution in [3.8, 4) is 17.2 Å². The molecule has 152 valence electrons. The summed E-state index contributed by atoms with van der Waals surface area (Å²) in [6, 6.07) is 11.9. The van der Waals surface area contributed by atoms with Gasteiger partial charge in [-0.15, -0.1) is 0 Å². The molecule has 3 rings (SSSR count). The zero-order chi connectivity index (χ0) is 20.6. The predicted molar refractivity (Wildman–Crippen MR) is 108 cm³/mol. The summed E-state index contributed by atoms with van der Waals surface area (Å²) < 4.78 is 11.3. The zero-order valence-corrected chi connectivity index (χ0v) is 15.9. The second kappa shape index (κ2) is 9.75. The highest BCUT2D eigenvalue weighted by Gasteiger charge is 2.15. The maximum absolute atomic E-state index is 12.8. The molecule has 0 spiro atoms. The molecule has 0 bridgehead atoms. The Morgan fingerprint density at radius 3 is 2.62 bits per heavy atom. The van der Waals surface area contributed by atoms with Crippen molar-refractivity contribution in [2.24, 2.45) is 0 Å². The quantitative estimate of drug-likeness (QED) is 0.443. The molecule has 7 nitrogen and oxygen atoms in total. The van der Waals surface area contributed by atoms with Crippen molar-refractivity contribution in [2.45, 2.75) is 32.2 Å². The van der Waals surface area contributed by atoms with Gasteiger partial charge >= 0.3 is 5.97 Å². The summed E-state index contributed by atoms with van der Waals surface area (Å²) in [5, 5.41) is 22.4. The lowest BCUT2D eigenvalue weighted by Crippen LogP contribution is -2.16. The minimum absolute atomic E-state index is 0.0377. The number of phenolic OH excluding ortho intramolecular Hbond substituents is 1. The molecule has 3 aromatic rings. The summed E-state index contributed by atoms with van der Waals surface area (Å²) in [6.45, 7) is 0.985. The van der Waals surface area contributed by atoms with Gasteiger partial charge in [0.05, 0.1) is 10.9 Å². The van der Waals surface area contributed by atoms with Crippen molar-refractivity contribution in [3.63, 3.8) is 0 Å². The zero-order valence-electron chi connectivity index (χ0n) is 15.9. The van der Waals surface area contributed by atoms with Crippen LogP contribution in [0.1, 0.15) is 31.2 Å². The fourth-order valence-corrected chi connectivity index (χ4v) is 3.00. The number of aromatic hydroxyl groups is 1. The SMILES string of the molecule is O=C(O)CCCCCNCc1c(O)ccc2c(=O)c(Oc3ccccc3)coc12. The molecule has 1 aromatic heterocycles. The number of ether oxygens (including phenoxy) is 1. The first-order chi connectivity index (χ1) is 14.1. The van der Waals surface area contributed by atoms with Crippen molar-refractivity contribution in [1.82, 2.24) is 5.32 Å². The molecule has 0 atom stereocenters. The van der Waals surface area contributed by atoms with Gasteiger partial charge in [-0.1, -0.05) is 24.6 Å². The summed E-state index contributed by atoms with van der Waals surface area (Å²) in [5.41, 5.74) is 0.496. The molecule has 0 aliphatic heterocycles. The van der Waals surface area contributed by atoms with Crippen LogP contribution in [-0.2, 0) is 11.3 Å². The number of para-hydroxylation sites is 1. The van der Waals surface area contributed by atoms with Gasteiger partial charge in [-0.05, 0) is 43.7 Å². The lowest BCUT2D eigenvalue weighted by molar-refractivity contribution is -0.137. The van der Waals surface area contributed by atoms with Crippen LogP contribution in [0.15, 0.2) is 57.9 Å². The van der Waals surface area contributed by atoms with Crippen LogP contribution in [0.25, 0.3) is 11.0 Å². The monoisotopic (exact) mass is 397 g/mol. The first-order valence-corrected chi connectivity index (χ1v) is 9.48. The second-order valence-corrected chi connectivity index (χ2v) is 6.67. The van der Waals surface area contributed by atoms with Gasteiger partial charge in [0, 0.05) is 13.0 Å². The Morgan fingerprint density at radius 2 is 1.86 bits per heavy atom. The van der Waals surface area contributed by atoms with Gasteiger partial charge in [0.1, 0.15) is 23.3 Å². The van der Waals surface area contributed by atoms with Crippen LogP contribution < -0.4 is 15.5 Å². The number of fused-ring (bicyclic) bond motifs is 1. The Bertz CT molecular complexity index is 1030. The minimum Gasteiger partial charge on any atom is -0.507 e. The number of unbranched alkanes of at least 4 members (excludes halogenated alkanes) is 2. The Kier molecular flexibility index (Phi) is 6.86. The van der Waals surface area contributed by atoms with Gasteiger partial charge in [-0.3, -0.25) is 9.59 Å². The largest absolute Gasteiger partial charge is 0.507 e. The lowest BCUT2D eigenvalue weighted by atomic mass is 10.1. The lowest BCUT2D eigenvalue weighted by Gasteiger charge is -2.11. The molecule has 0 saturated carbocycles. The fourth-order valence-electron chi connectivity index (χ4n) is 3.00. The minimum atomic E-state index is -0.788. The average Bonchev–Trinajstić information content (AvgIpc) is 2.71. The highest BCUT2D eigenvalue weighted by Crippen LogP contribution is 2.28. The van der Waals surface area contributed by atoms with Crippen LogP contribution in [0.5, 0.6) is 17.2 Å². The molecule has 0 amide bonds. The number of carbonyl (C=O) groups is 1. The van der Waals surface area contributed by atoms with Gasteiger partial charge in [0.15, 0.2) is 0 Å². The number of aliphatic carboxylic acids is 1. The molecule has 7 heteroatoms. The average molecular weight is 397 g/mol. The molecule has 1 heterocycles. The maximum atomic E-state index is 12.8. The molecular weight excluding hydrogens is 374 g/mol. The Labute approximate surface area is 167 Å². The number of hydrogen-bond acceptors (Lipinski definition) is 6. The number of phenols is 1. The summed E-state index contributed by atoms with van der Waals surface area (Å²) in [4.78, 5) is 23.3. The van der Waals surface area contributed by atoms with E-state index >= 15 is 0 Å². The van der Waals surface area contributed by atoms with Gasteiger partial charge in [0.2, 0.25) is 11.2 Å². The second-order valence-electron chi connectivity index (χ2n) is 6.67. The molecule has 0 aliphatic carbocycles. The third kappa shape index (κ3) is 5.36. The van der Waals surface area contributed by atoms with Gasteiger partial charge in [-0.25, -0.2) is 0 Å². The van der Waals surface area contributed by atoms with E-state index in [0.29, 0.717) is 41.8 Å². The number of nitrogens with one attached hydrogen (secondary N) is 1. The number of rotatable bonds is 10. The third-order valence-corrected chi connectivity index (χ3v) is 4.50. The van der Waals surface area contributed by atoms with Crippen LogP contribution >= 0.6 is 0 Å².